The maximum atomic E-state index is 6.00. The van der Waals surface area contributed by atoms with Gasteiger partial charge in [-0.05, 0) is 40.7 Å². The predicted octanol–water partition coefficient (Wildman–Crippen LogP) is 2.29. The molecule has 0 aromatic rings. The van der Waals surface area contributed by atoms with Crippen molar-refractivity contribution in [2.24, 2.45) is 0 Å². The van der Waals surface area contributed by atoms with Gasteiger partial charge in [-0.25, -0.2) is 0 Å². The average molecular weight is 185 g/mol. The Morgan fingerprint density at radius 2 is 1.54 bits per heavy atom. The van der Waals surface area contributed by atoms with E-state index in [1.807, 2.05) is 0 Å². The van der Waals surface area contributed by atoms with Crippen LogP contribution in [-0.2, 0) is 4.74 Å². The Morgan fingerprint density at radius 3 is 1.92 bits per heavy atom. The maximum absolute atomic E-state index is 6.00. The molecule has 0 radical (unpaired) electrons. The van der Waals surface area contributed by atoms with Crippen molar-refractivity contribution in [1.29, 1.82) is 0 Å². The molecule has 0 bridgehead atoms. The summed E-state index contributed by atoms with van der Waals surface area (Å²) in [6, 6.07) is 0. The molecule has 0 aliphatic carbocycles. The summed E-state index contributed by atoms with van der Waals surface area (Å²) in [5.41, 5.74) is 0.0217. The third-order valence-corrected chi connectivity index (χ3v) is 2.30. The van der Waals surface area contributed by atoms with Crippen LogP contribution in [0.1, 0.15) is 41.0 Å². The van der Waals surface area contributed by atoms with Crippen LogP contribution in [-0.4, -0.2) is 35.7 Å². The zero-order chi connectivity index (χ0) is 10.1. The molecule has 13 heavy (non-hydrogen) atoms. The van der Waals surface area contributed by atoms with Crippen molar-refractivity contribution in [3.05, 3.63) is 0 Å². The Labute approximate surface area is 82.3 Å². The molecule has 1 fully saturated rings. The summed E-state index contributed by atoms with van der Waals surface area (Å²) in [5, 5.41) is 0. The molecule has 1 saturated heterocycles. The molecule has 1 aliphatic rings. The molecule has 0 amide bonds. The van der Waals surface area contributed by atoms with Gasteiger partial charge in [0.25, 0.3) is 0 Å². The molecule has 78 valence electrons. The van der Waals surface area contributed by atoms with E-state index in [1.165, 1.54) is 13.0 Å². The van der Waals surface area contributed by atoms with Crippen LogP contribution in [0.4, 0.5) is 0 Å². The van der Waals surface area contributed by atoms with E-state index < -0.39 is 0 Å². The highest BCUT2D eigenvalue weighted by molar-refractivity contribution is 4.88. The van der Waals surface area contributed by atoms with Crippen molar-refractivity contribution in [3.63, 3.8) is 0 Å². The van der Waals surface area contributed by atoms with Crippen molar-refractivity contribution < 1.29 is 4.74 Å². The SMILES string of the molecule is CCCN1CC(C)(C)OC(C)(C)C1. The van der Waals surface area contributed by atoms with Crippen LogP contribution >= 0.6 is 0 Å². The molecule has 0 unspecified atom stereocenters. The van der Waals surface area contributed by atoms with Crippen LogP contribution in [0.2, 0.25) is 0 Å². The lowest BCUT2D eigenvalue weighted by Gasteiger charge is -2.47. The standard InChI is InChI=1S/C11H23NO/c1-6-7-12-8-10(2,3)13-11(4,5)9-12/h6-9H2,1-5H3. The monoisotopic (exact) mass is 185 g/mol. The van der Waals surface area contributed by atoms with Gasteiger partial charge in [0, 0.05) is 13.1 Å². The summed E-state index contributed by atoms with van der Waals surface area (Å²) in [6.45, 7) is 14.3. The van der Waals surface area contributed by atoms with Crippen LogP contribution in [0.25, 0.3) is 0 Å². The average Bonchev–Trinajstić information content (AvgIpc) is 1.78. The molecule has 0 aromatic heterocycles. The Hall–Kier alpha value is -0.0800. The Morgan fingerprint density at radius 1 is 1.08 bits per heavy atom. The zero-order valence-electron chi connectivity index (χ0n) is 9.68. The molecule has 0 spiro atoms. The molecule has 1 heterocycles. The van der Waals surface area contributed by atoms with Gasteiger partial charge in [-0.2, -0.15) is 0 Å². The summed E-state index contributed by atoms with van der Waals surface area (Å²) in [7, 11) is 0. The van der Waals surface area contributed by atoms with Gasteiger partial charge in [0.05, 0.1) is 11.2 Å². The lowest BCUT2D eigenvalue weighted by molar-refractivity contribution is -0.180. The second kappa shape index (κ2) is 3.58. The number of nitrogens with zero attached hydrogens (tertiary/aromatic N) is 1. The van der Waals surface area contributed by atoms with Crippen LogP contribution in [0.15, 0.2) is 0 Å². The molecule has 0 atom stereocenters. The lowest BCUT2D eigenvalue weighted by atomic mass is 9.99. The summed E-state index contributed by atoms with van der Waals surface area (Å²) >= 11 is 0. The Bertz CT molecular complexity index is 159. The zero-order valence-corrected chi connectivity index (χ0v) is 9.68. The van der Waals surface area contributed by atoms with Crippen molar-refractivity contribution >= 4 is 0 Å². The summed E-state index contributed by atoms with van der Waals surface area (Å²) < 4.78 is 6.00. The second-order valence-electron chi connectivity index (χ2n) is 5.33. The first-order chi connectivity index (χ1) is 5.85. The van der Waals surface area contributed by atoms with E-state index in [2.05, 4.69) is 39.5 Å². The normalized spacial score (nSPS) is 27.5. The van der Waals surface area contributed by atoms with Gasteiger partial charge in [-0.3, -0.25) is 4.90 Å². The van der Waals surface area contributed by atoms with Crippen LogP contribution in [0.5, 0.6) is 0 Å². The van der Waals surface area contributed by atoms with Crippen LogP contribution < -0.4 is 0 Å². The van der Waals surface area contributed by atoms with E-state index in [0.717, 1.165) is 13.1 Å². The van der Waals surface area contributed by atoms with Crippen molar-refractivity contribution in [2.75, 3.05) is 19.6 Å². The summed E-state index contributed by atoms with van der Waals surface area (Å²) in [6.07, 6.45) is 1.23. The molecule has 0 aromatic carbocycles. The highest BCUT2D eigenvalue weighted by Crippen LogP contribution is 2.27. The fourth-order valence-electron chi connectivity index (χ4n) is 2.42. The fourth-order valence-corrected chi connectivity index (χ4v) is 2.42. The summed E-state index contributed by atoms with van der Waals surface area (Å²) in [4.78, 5) is 2.50. The van der Waals surface area contributed by atoms with E-state index in [9.17, 15) is 0 Å². The van der Waals surface area contributed by atoms with Crippen molar-refractivity contribution in [1.82, 2.24) is 4.90 Å². The largest absolute Gasteiger partial charge is 0.367 e. The predicted molar refractivity (Wildman–Crippen MR) is 56.0 cm³/mol. The Balaban J connectivity index is 2.61. The molecule has 2 heteroatoms. The first-order valence-electron chi connectivity index (χ1n) is 5.27. The third kappa shape index (κ3) is 3.28. The number of hydrogen-bond acceptors (Lipinski definition) is 2. The molecular formula is C11H23NO. The first kappa shape index (κ1) is 11.0. The van der Waals surface area contributed by atoms with Crippen LogP contribution in [0.3, 0.4) is 0 Å². The van der Waals surface area contributed by atoms with Crippen molar-refractivity contribution in [3.8, 4) is 0 Å². The highest BCUT2D eigenvalue weighted by Gasteiger charge is 2.37. The van der Waals surface area contributed by atoms with Gasteiger partial charge in [-0.1, -0.05) is 6.92 Å². The summed E-state index contributed by atoms with van der Waals surface area (Å²) in [5.74, 6) is 0. The highest BCUT2D eigenvalue weighted by atomic mass is 16.5. The molecular weight excluding hydrogens is 162 g/mol. The number of morpholine rings is 1. The van der Waals surface area contributed by atoms with E-state index in [-0.39, 0.29) is 11.2 Å². The molecule has 2 nitrogen and oxygen atoms in total. The lowest BCUT2D eigenvalue weighted by Crippen LogP contribution is -2.57. The topological polar surface area (TPSA) is 12.5 Å². The Kier molecular flexibility index (Phi) is 3.03. The van der Waals surface area contributed by atoms with Gasteiger partial charge in [0.2, 0.25) is 0 Å². The van der Waals surface area contributed by atoms with Gasteiger partial charge in [-0.15, -0.1) is 0 Å². The van der Waals surface area contributed by atoms with E-state index >= 15 is 0 Å². The first-order valence-corrected chi connectivity index (χ1v) is 5.27. The number of ether oxygens (including phenoxy) is 1. The molecule has 1 aliphatic heterocycles. The van der Waals surface area contributed by atoms with E-state index in [0.29, 0.717) is 0 Å². The van der Waals surface area contributed by atoms with Crippen molar-refractivity contribution in [2.45, 2.75) is 52.2 Å². The van der Waals surface area contributed by atoms with Crippen LogP contribution in [0, 0.1) is 0 Å². The smallest absolute Gasteiger partial charge is 0.0760 e. The number of hydrogen-bond donors (Lipinski definition) is 0. The minimum atomic E-state index is 0.0108. The second-order valence-corrected chi connectivity index (χ2v) is 5.33. The third-order valence-electron chi connectivity index (χ3n) is 2.30. The van der Waals surface area contributed by atoms with Gasteiger partial charge in [0.1, 0.15) is 0 Å². The van der Waals surface area contributed by atoms with Gasteiger partial charge < -0.3 is 4.74 Å². The van der Waals surface area contributed by atoms with E-state index in [4.69, 9.17) is 4.74 Å². The van der Waals surface area contributed by atoms with Gasteiger partial charge >= 0.3 is 0 Å². The van der Waals surface area contributed by atoms with Gasteiger partial charge in [0.15, 0.2) is 0 Å². The molecule has 0 N–H and O–H groups in total. The van der Waals surface area contributed by atoms with E-state index in [1.54, 1.807) is 0 Å². The number of rotatable bonds is 2. The fraction of sp³-hybridized carbons (Fsp3) is 1.00. The molecule has 1 rings (SSSR count). The molecule has 0 saturated carbocycles. The minimum Gasteiger partial charge on any atom is -0.367 e. The minimum absolute atomic E-state index is 0.0108. The quantitative estimate of drug-likeness (QED) is 0.654. The maximum Gasteiger partial charge on any atom is 0.0760 e.